The molecule has 4 rings (SSSR count). The third kappa shape index (κ3) is 2.43. The highest BCUT2D eigenvalue weighted by atomic mass is 16.1. The van der Waals surface area contributed by atoms with Crippen molar-refractivity contribution >= 4 is 27.7 Å². The molecular formula is C21H14N3O. The molecule has 0 atom stereocenters. The molecule has 0 fully saturated rings. The summed E-state index contributed by atoms with van der Waals surface area (Å²) >= 11 is 0. The van der Waals surface area contributed by atoms with Crippen LogP contribution >= 0.6 is 0 Å². The Morgan fingerprint density at radius 1 is 1.08 bits per heavy atom. The highest BCUT2D eigenvalue weighted by Gasteiger charge is 2.16. The first-order valence-electron chi connectivity index (χ1n) is 7.89. The van der Waals surface area contributed by atoms with Crippen molar-refractivity contribution in [2.24, 2.45) is 5.73 Å². The van der Waals surface area contributed by atoms with Crippen molar-refractivity contribution < 1.29 is 4.79 Å². The van der Waals surface area contributed by atoms with Gasteiger partial charge in [0.2, 0.25) is 5.91 Å². The van der Waals surface area contributed by atoms with E-state index in [0.29, 0.717) is 17.7 Å². The van der Waals surface area contributed by atoms with Crippen LogP contribution in [-0.2, 0) is 6.54 Å². The predicted octanol–water partition coefficient (Wildman–Crippen LogP) is 3.61. The molecule has 1 heterocycles. The van der Waals surface area contributed by atoms with Crippen molar-refractivity contribution in [1.82, 2.24) is 4.57 Å². The van der Waals surface area contributed by atoms with Crippen molar-refractivity contribution in [1.29, 1.82) is 5.26 Å². The maximum absolute atomic E-state index is 11.9. The highest BCUT2D eigenvalue weighted by molar-refractivity contribution is 6.17. The Morgan fingerprint density at radius 3 is 2.56 bits per heavy atom. The number of carbonyl (C=O) groups is 1. The van der Waals surface area contributed by atoms with Gasteiger partial charge in [0.1, 0.15) is 0 Å². The second kappa shape index (κ2) is 5.81. The van der Waals surface area contributed by atoms with Crippen LogP contribution in [0, 0.1) is 17.4 Å². The molecule has 25 heavy (non-hydrogen) atoms. The first-order chi connectivity index (χ1) is 12.2. The fourth-order valence-corrected chi connectivity index (χ4v) is 3.25. The van der Waals surface area contributed by atoms with E-state index in [0.717, 1.165) is 27.4 Å². The Hall–Kier alpha value is -3.58. The number of nitriles is 1. The predicted molar refractivity (Wildman–Crippen MR) is 97.1 cm³/mol. The molecule has 3 aromatic carbocycles. The minimum absolute atomic E-state index is 0.444. The van der Waals surface area contributed by atoms with Crippen molar-refractivity contribution in [2.45, 2.75) is 6.54 Å². The molecule has 0 aliphatic rings. The standard InChI is InChI=1S/C21H14N3O/c22-12-14-8-10-15(11-9-14)13-24-18-6-2-1-4-16(18)20-17(21(23)25)5-3-7-19(20)24/h1-3,5-11H,13H2,(H2,23,25). The summed E-state index contributed by atoms with van der Waals surface area (Å²) in [6, 6.07) is 24.2. The molecule has 0 saturated carbocycles. The number of fused-ring (bicyclic) bond motifs is 3. The Bertz CT molecular complexity index is 1150. The number of nitrogens with two attached hydrogens (primary N) is 1. The van der Waals surface area contributed by atoms with E-state index in [1.54, 1.807) is 6.07 Å². The van der Waals surface area contributed by atoms with Crippen LogP contribution in [0.5, 0.6) is 0 Å². The lowest BCUT2D eigenvalue weighted by atomic mass is 10.1. The molecule has 4 heteroatoms. The molecule has 0 aliphatic carbocycles. The fraction of sp³-hybridized carbons (Fsp3) is 0.0476. The number of rotatable bonds is 3. The Morgan fingerprint density at radius 2 is 1.84 bits per heavy atom. The van der Waals surface area contributed by atoms with Gasteiger partial charge in [0.15, 0.2) is 0 Å². The molecule has 0 bridgehead atoms. The second-order valence-corrected chi connectivity index (χ2v) is 5.89. The Labute approximate surface area is 144 Å². The molecule has 0 unspecified atom stereocenters. The lowest BCUT2D eigenvalue weighted by molar-refractivity contribution is 0.100. The largest absolute Gasteiger partial charge is 0.366 e. The van der Waals surface area contributed by atoms with Gasteiger partial charge in [0.25, 0.3) is 0 Å². The van der Waals surface area contributed by atoms with Crippen LogP contribution in [-0.4, -0.2) is 10.5 Å². The fourth-order valence-electron chi connectivity index (χ4n) is 3.25. The average molecular weight is 324 g/mol. The summed E-state index contributed by atoms with van der Waals surface area (Å²) in [4.78, 5) is 11.9. The van der Waals surface area contributed by atoms with Crippen molar-refractivity contribution in [3.63, 3.8) is 0 Å². The van der Waals surface area contributed by atoms with Gasteiger partial charge in [-0.25, -0.2) is 0 Å². The van der Waals surface area contributed by atoms with E-state index in [-0.39, 0.29) is 0 Å². The average Bonchev–Trinajstić information content (AvgIpc) is 2.96. The Balaban J connectivity index is 1.97. The number of benzene rings is 3. The van der Waals surface area contributed by atoms with E-state index < -0.39 is 5.91 Å². The summed E-state index contributed by atoms with van der Waals surface area (Å²) in [5.41, 5.74) is 9.72. The summed E-state index contributed by atoms with van der Waals surface area (Å²) in [6.45, 7) is 0.631. The van der Waals surface area contributed by atoms with Crippen LogP contribution in [0.15, 0.2) is 60.7 Å². The SMILES string of the molecule is N#Cc1ccc(Cn2c3ccc[c]c3c3c(C(N)=O)cccc32)cc1. The summed E-state index contributed by atoms with van der Waals surface area (Å²) in [5, 5.41) is 10.7. The molecule has 4 aromatic rings. The molecule has 1 radical (unpaired) electrons. The molecule has 2 N–H and O–H groups in total. The molecule has 0 aliphatic heterocycles. The van der Waals surface area contributed by atoms with Gasteiger partial charge in [-0.2, -0.15) is 5.26 Å². The lowest BCUT2D eigenvalue weighted by Crippen LogP contribution is -2.11. The third-order valence-electron chi connectivity index (χ3n) is 4.40. The van der Waals surface area contributed by atoms with E-state index >= 15 is 0 Å². The molecule has 0 spiro atoms. The van der Waals surface area contributed by atoms with Gasteiger partial charge >= 0.3 is 0 Å². The molecule has 1 aromatic heterocycles. The van der Waals surface area contributed by atoms with E-state index in [2.05, 4.69) is 16.7 Å². The number of primary amides is 1. The van der Waals surface area contributed by atoms with E-state index in [4.69, 9.17) is 11.0 Å². The van der Waals surface area contributed by atoms with E-state index in [1.807, 2.05) is 54.6 Å². The number of aromatic nitrogens is 1. The number of amides is 1. The van der Waals surface area contributed by atoms with Crippen LogP contribution in [0.1, 0.15) is 21.5 Å². The monoisotopic (exact) mass is 324 g/mol. The first kappa shape index (κ1) is 15.0. The van der Waals surface area contributed by atoms with E-state index in [9.17, 15) is 4.79 Å². The second-order valence-electron chi connectivity index (χ2n) is 5.89. The minimum Gasteiger partial charge on any atom is -0.366 e. The van der Waals surface area contributed by atoms with Crippen molar-refractivity contribution in [3.8, 4) is 6.07 Å². The summed E-state index contributed by atoms with van der Waals surface area (Å²) < 4.78 is 2.15. The van der Waals surface area contributed by atoms with Crippen LogP contribution < -0.4 is 5.73 Å². The van der Waals surface area contributed by atoms with Gasteiger partial charge in [-0.05, 0) is 42.0 Å². The van der Waals surface area contributed by atoms with Gasteiger partial charge in [-0.3, -0.25) is 4.79 Å². The molecule has 1 amide bonds. The third-order valence-corrected chi connectivity index (χ3v) is 4.40. The zero-order valence-corrected chi connectivity index (χ0v) is 13.4. The van der Waals surface area contributed by atoms with Crippen molar-refractivity contribution in [3.05, 3.63) is 83.4 Å². The Kier molecular flexibility index (Phi) is 3.48. The van der Waals surface area contributed by atoms with Crippen molar-refractivity contribution in [2.75, 3.05) is 0 Å². The zero-order chi connectivity index (χ0) is 17.4. The van der Waals surface area contributed by atoms with Crippen LogP contribution in [0.3, 0.4) is 0 Å². The molecular weight excluding hydrogens is 310 g/mol. The quantitative estimate of drug-likeness (QED) is 0.625. The summed E-state index contributed by atoms with van der Waals surface area (Å²) in [5.74, 6) is -0.444. The normalized spacial score (nSPS) is 10.8. The first-order valence-corrected chi connectivity index (χ1v) is 7.89. The smallest absolute Gasteiger partial charge is 0.249 e. The number of hydrogen-bond acceptors (Lipinski definition) is 2. The maximum atomic E-state index is 11.9. The topological polar surface area (TPSA) is 71.8 Å². The van der Waals surface area contributed by atoms with Gasteiger partial charge in [-0.15, -0.1) is 0 Å². The zero-order valence-electron chi connectivity index (χ0n) is 13.4. The highest BCUT2D eigenvalue weighted by Crippen LogP contribution is 2.31. The molecule has 0 saturated heterocycles. The minimum atomic E-state index is -0.444. The summed E-state index contributed by atoms with van der Waals surface area (Å²) in [6.07, 6.45) is 0. The number of carbonyl (C=O) groups excluding carboxylic acids is 1. The van der Waals surface area contributed by atoms with Gasteiger partial charge in [-0.1, -0.05) is 30.3 Å². The van der Waals surface area contributed by atoms with Crippen LogP contribution in [0.4, 0.5) is 0 Å². The maximum Gasteiger partial charge on any atom is 0.249 e. The van der Waals surface area contributed by atoms with Gasteiger partial charge < -0.3 is 10.3 Å². The van der Waals surface area contributed by atoms with Gasteiger partial charge in [0, 0.05) is 22.9 Å². The van der Waals surface area contributed by atoms with Crippen LogP contribution in [0.2, 0.25) is 0 Å². The lowest BCUT2D eigenvalue weighted by Gasteiger charge is -2.08. The molecule has 119 valence electrons. The summed E-state index contributed by atoms with van der Waals surface area (Å²) in [7, 11) is 0. The van der Waals surface area contributed by atoms with Crippen LogP contribution in [0.25, 0.3) is 21.8 Å². The van der Waals surface area contributed by atoms with E-state index in [1.165, 1.54) is 0 Å². The number of nitrogens with zero attached hydrogens (tertiary/aromatic N) is 2. The van der Waals surface area contributed by atoms with Gasteiger partial charge in [0.05, 0.1) is 22.7 Å². The number of hydrogen-bond donors (Lipinski definition) is 1. The molecule has 4 nitrogen and oxygen atoms in total.